The number of nitrogens with one attached hydrogen (secondary N) is 1. The van der Waals surface area contributed by atoms with Crippen LogP contribution in [0.5, 0.6) is 0 Å². The van der Waals surface area contributed by atoms with Crippen LogP contribution in [0.1, 0.15) is 23.5 Å². The number of fused-ring (bicyclic) bond motifs is 3. The van der Waals surface area contributed by atoms with Crippen molar-refractivity contribution in [2.24, 2.45) is 10.5 Å². The zero-order valence-electron chi connectivity index (χ0n) is 18.8. The van der Waals surface area contributed by atoms with Gasteiger partial charge < -0.3 is 19.6 Å². The van der Waals surface area contributed by atoms with E-state index in [4.69, 9.17) is 10.3 Å². The molecule has 1 fully saturated rings. The number of rotatable bonds is 7. The highest BCUT2D eigenvalue weighted by molar-refractivity contribution is 5.82. The van der Waals surface area contributed by atoms with Crippen molar-refractivity contribution in [2.75, 3.05) is 40.3 Å². The van der Waals surface area contributed by atoms with Crippen LogP contribution in [0, 0.1) is 5.41 Å². The molecule has 0 aromatic heterocycles. The van der Waals surface area contributed by atoms with Crippen LogP contribution in [-0.4, -0.2) is 68.0 Å². The molecule has 2 atom stereocenters. The maximum absolute atomic E-state index is 12.8. The van der Waals surface area contributed by atoms with Gasteiger partial charge in [-0.05, 0) is 27.8 Å². The molecule has 0 bridgehead atoms. The van der Waals surface area contributed by atoms with E-state index in [0.29, 0.717) is 17.4 Å². The molecule has 0 radical (unpaired) electrons. The van der Waals surface area contributed by atoms with E-state index in [1.807, 2.05) is 62.6 Å². The van der Waals surface area contributed by atoms with E-state index in [0.717, 1.165) is 28.8 Å². The molecule has 2 N–H and O–H groups in total. The monoisotopic (exact) mass is 450 g/mol. The van der Waals surface area contributed by atoms with Crippen LogP contribution in [0.15, 0.2) is 53.6 Å². The summed E-state index contributed by atoms with van der Waals surface area (Å²) in [5.41, 5.74) is 12.3. The summed E-state index contributed by atoms with van der Waals surface area (Å²) in [6, 6.07) is 14.8. The minimum Gasteiger partial charge on any atom is -0.480 e. The Kier molecular flexibility index (Phi) is 6.01. The number of carbonyl (C=O) groups excluding carboxylic acids is 1. The minimum atomic E-state index is -1.22. The lowest BCUT2D eigenvalue weighted by Gasteiger charge is -2.34. The van der Waals surface area contributed by atoms with Crippen LogP contribution in [0.3, 0.4) is 0 Å². The Bertz CT molecular complexity index is 1080. The van der Waals surface area contributed by atoms with Gasteiger partial charge in [0.1, 0.15) is 12.6 Å². The average Bonchev–Trinajstić information content (AvgIpc) is 3.29. The zero-order chi connectivity index (χ0) is 23.6. The lowest BCUT2D eigenvalue weighted by atomic mass is 9.79. The fraction of sp³-hybridized carbons (Fsp3) is 0.417. The van der Waals surface area contributed by atoms with Gasteiger partial charge >= 0.3 is 12.1 Å². The largest absolute Gasteiger partial charge is 0.480 e. The van der Waals surface area contributed by atoms with Crippen molar-refractivity contribution in [2.45, 2.75) is 18.4 Å². The molecule has 9 heteroatoms. The highest BCUT2D eigenvalue weighted by Crippen LogP contribution is 2.44. The van der Waals surface area contributed by atoms with E-state index < -0.39 is 23.5 Å². The Morgan fingerprint density at radius 1 is 1.21 bits per heavy atom. The quantitative estimate of drug-likeness (QED) is 0.288. The van der Waals surface area contributed by atoms with E-state index in [1.165, 1.54) is 0 Å². The van der Waals surface area contributed by atoms with Gasteiger partial charge in [-0.15, -0.1) is 0 Å². The van der Waals surface area contributed by atoms with E-state index in [-0.39, 0.29) is 19.1 Å². The van der Waals surface area contributed by atoms with Gasteiger partial charge in [0.05, 0.1) is 32.6 Å². The third-order valence-electron chi connectivity index (χ3n) is 6.87. The van der Waals surface area contributed by atoms with Crippen molar-refractivity contribution in [1.29, 1.82) is 0 Å². The number of azide groups is 1. The number of amides is 1. The number of benzene rings is 2. The SMILES string of the molecule is C[N+]1(C)CC[C@@](CN=[N+]=[N-])([C@@H](NC(=O)OCC2c3ccccc3-c3ccccc32)C(=O)O)C1. The maximum atomic E-state index is 12.8. The molecule has 9 nitrogen and oxygen atoms in total. The molecule has 1 amide bonds. The summed E-state index contributed by atoms with van der Waals surface area (Å²) in [5, 5.41) is 16.2. The molecule has 33 heavy (non-hydrogen) atoms. The predicted octanol–water partition coefficient (Wildman–Crippen LogP) is 3.76. The number of ether oxygens (including phenoxy) is 1. The Morgan fingerprint density at radius 3 is 2.33 bits per heavy atom. The van der Waals surface area contributed by atoms with E-state index >= 15 is 0 Å². The number of likely N-dealkylation sites (tertiary alicyclic amines) is 1. The second-order valence-electron chi connectivity index (χ2n) is 9.56. The van der Waals surface area contributed by atoms with Gasteiger partial charge in [-0.1, -0.05) is 53.6 Å². The molecule has 2 aromatic carbocycles. The summed E-state index contributed by atoms with van der Waals surface area (Å²) in [6.07, 6.45) is -0.276. The second-order valence-corrected chi connectivity index (χ2v) is 9.56. The number of hydrogen-bond acceptors (Lipinski definition) is 4. The summed E-state index contributed by atoms with van der Waals surface area (Å²) in [5.74, 6) is -1.29. The Morgan fingerprint density at radius 2 is 1.82 bits per heavy atom. The van der Waals surface area contributed by atoms with Crippen molar-refractivity contribution in [3.05, 3.63) is 70.1 Å². The molecular weight excluding hydrogens is 422 g/mol. The fourth-order valence-corrected chi connectivity index (χ4v) is 5.40. The summed E-state index contributed by atoms with van der Waals surface area (Å²) in [4.78, 5) is 27.8. The standard InChI is InChI=1S/C24H27N5O4/c1-29(2)12-11-24(15-29,14-26-28-25)21(22(30)31)27-23(32)33-13-20-18-9-5-3-7-16(18)17-8-4-6-10-19(17)20/h3-10,20-21H,11-15H2,1-2H3,(H-,27,30,31,32)/p+1/t21-,24-/m0/s1. The van der Waals surface area contributed by atoms with Crippen molar-refractivity contribution in [3.8, 4) is 11.1 Å². The summed E-state index contributed by atoms with van der Waals surface area (Å²) in [7, 11) is 3.98. The number of carbonyl (C=O) groups is 2. The van der Waals surface area contributed by atoms with Gasteiger partial charge in [0.15, 0.2) is 0 Å². The lowest BCUT2D eigenvalue weighted by molar-refractivity contribution is -0.880. The molecule has 1 aliphatic carbocycles. The van der Waals surface area contributed by atoms with Crippen LogP contribution in [0.2, 0.25) is 0 Å². The van der Waals surface area contributed by atoms with Crippen LogP contribution in [0.25, 0.3) is 21.6 Å². The van der Waals surface area contributed by atoms with Crippen molar-refractivity contribution < 1.29 is 23.9 Å². The van der Waals surface area contributed by atoms with E-state index in [2.05, 4.69) is 15.3 Å². The number of aliphatic carboxylic acids is 1. The third-order valence-corrected chi connectivity index (χ3v) is 6.87. The van der Waals surface area contributed by atoms with Crippen LogP contribution < -0.4 is 5.32 Å². The molecule has 1 heterocycles. The Balaban J connectivity index is 1.50. The van der Waals surface area contributed by atoms with Crippen LogP contribution in [0.4, 0.5) is 4.79 Å². The summed E-state index contributed by atoms with van der Waals surface area (Å²) >= 11 is 0. The molecule has 1 saturated heterocycles. The molecule has 0 saturated carbocycles. The molecule has 1 aliphatic heterocycles. The highest BCUT2D eigenvalue weighted by Gasteiger charge is 2.53. The average molecular weight is 451 g/mol. The molecule has 4 rings (SSSR count). The van der Waals surface area contributed by atoms with Gasteiger partial charge in [0.25, 0.3) is 0 Å². The van der Waals surface area contributed by atoms with Gasteiger partial charge in [0.2, 0.25) is 0 Å². The number of carboxylic acids is 1. The number of carboxylic acid groups (broad SMARTS) is 1. The number of alkyl carbamates (subject to hydrolysis) is 1. The first-order chi connectivity index (χ1) is 15.8. The highest BCUT2D eigenvalue weighted by atomic mass is 16.5. The van der Waals surface area contributed by atoms with Gasteiger partial charge in [-0.25, -0.2) is 9.59 Å². The van der Waals surface area contributed by atoms with Gasteiger partial charge in [-0.2, -0.15) is 0 Å². The van der Waals surface area contributed by atoms with Crippen molar-refractivity contribution >= 4 is 12.1 Å². The third kappa shape index (κ3) is 4.37. The Labute approximate surface area is 192 Å². The van der Waals surface area contributed by atoms with Gasteiger partial charge in [0, 0.05) is 23.8 Å². The fourth-order valence-electron chi connectivity index (χ4n) is 5.40. The van der Waals surface area contributed by atoms with Crippen LogP contribution in [-0.2, 0) is 9.53 Å². The predicted molar refractivity (Wildman–Crippen MR) is 123 cm³/mol. The minimum absolute atomic E-state index is 0.00813. The molecule has 2 aromatic rings. The number of nitrogens with zero attached hydrogens (tertiary/aromatic N) is 4. The smallest absolute Gasteiger partial charge is 0.407 e. The lowest BCUT2D eigenvalue weighted by Crippen LogP contribution is -2.56. The van der Waals surface area contributed by atoms with Gasteiger partial charge in [-0.3, -0.25) is 0 Å². The molecule has 172 valence electrons. The first-order valence-electron chi connectivity index (χ1n) is 10.9. The second kappa shape index (κ2) is 8.77. The Hall–Kier alpha value is -3.55. The van der Waals surface area contributed by atoms with E-state index in [9.17, 15) is 14.7 Å². The number of hydrogen-bond donors (Lipinski definition) is 2. The van der Waals surface area contributed by atoms with Crippen molar-refractivity contribution in [1.82, 2.24) is 5.32 Å². The zero-order valence-corrected chi connectivity index (χ0v) is 18.8. The number of quaternary nitrogens is 1. The summed E-state index contributed by atoms with van der Waals surface area (Å²) in [6.45, 7) is 1.27. The maximum Gasteiger partial charge on any atom is 0.407 e. The topological polar surface area (TPSA) is 124 Å². The van der Waals surface area contributed by atoms with E-state index in [1.54, 1.807) is 0 Å². The molecule has 0 unspecified atom stereocenters. The summed E-state index contributed by atoms with van der Waals surface area (Å²) < 4.78 is 6.14. The normalized spacial score (nSPS) is 21.4. The van der Waals surface area contributed by atoms with Crippen LogP contribution >= 0.6 is 0 Å². The van der Waals surface area contributed by atoms with Crippen molar-refractivity contribution in [3.63, 3.8) is 0 Å². The first kappa shape index (κ1) is 22.6. The molecular formula is C24H28N5O4+. The molecule has 0 spiro atoms. The molecule has 2 aliphatic rings. The first-order valence-corrected chi connectivity index (χ1v) is 10.9.